The van der Waals surface area contributed by atoms with E-state index in [1.165, 1.54) is 7.11 Å². The lowest BCUT2D eigenvalue weighted by Crippen LogP contribution is -2.56. The average Bonchev–Trinajstić information content (AvgIpc) is 3.36. The van der Waals surface area contributed by atoms with Crippen LogP contribution in [0.3, 0.4) is 0 Å². The number of esters is 1. The van der Waals surface area contributed by atoms with Crippen LogP contribution in [0.5, 0.6) is 0 Å². The van der Waals surface area contributed by atoms with Gasteiger partial charge in [-0.15, -0.1) is 0 Å². The molecule has 0 saturated carbocycles. The van der Waals surface area contributed by atoms with Gasteiger partial charge in [-0.25, -0.2) is 9.78 Å². The second-order valence-corrected chi connectivity index (χ2v) is 11.0. The number of carbonyl (C=O) groups excluding carboxylic acids is 3. The molecule has 2 saturated heterocycles. The molecular formula is C29H43N5O6. The fourth-order valence-electron chi connectivity index (χ4n) is 5.66. The molecule has 2 atom stereocenters. The Balaban J connectivity index is 1.66. The highest BCUT2D eigenvalue weighted by Gasteiger charge is 2.37. The summed E-state index contributed by atoms with van der Waals surface area (Å²) in [6.45, 7) is 9.31. The van der Waals surface area contributed by atoms with Gasteiger partial charge in [0.15, 0.2) is 5.82 Å². The van der Waals surface area contributed by atoms with Crippen molar-refractivity contribution in [2.45, 2.75) is 45.7 Å². The number of morpholine rings is 1. The molecule has 0 bridgehead atoms. The van der Waals surface area contributed by atoms with E-state index in [2.05, 4.69) is 19.2 Å². The van der Waals surface area contributed by atoms with Crippen molar-refractivity contribution in [1.29, 1.82) is 0 Å². The lowest BCUT2D eigenvalue weighted by atomic mass is 9.92. The standard InChI is InChI=1S/C29H43N5O6/c1-20(2)19-34(22-16-21(17-30-18-22)27(35)32-11-14-40-15-12-32)28(36)26-31-24-9-7-8-23(29(37)39-4)25(24)33(26)10-5-6-13-38-3/h7-9,20-22,30H,5-6,10-19H2,1-4H3/t21-,22+/m1/s1. The highest BCUT2D eigenvalue weighted by molar-refractivity contribution is 6.04. The van der Waals surface area contributed by atoms with Crippen molar-refractivity contribution >= 4 is 28.8 Å². The molecule has 4 rings (SSSR count). The number of methoxy groups -OCH3 is 2. The molecule has 2 aliphatic rings. The normalized spacial score (nSPS) is 19.7. The number of rotatable bonds is 11. The van der Waals surface area contributed by atoms with Crippen molar-refractivity contribution < 1.29 is 28.6 Å². The number of piperidine rings is 1. The monoisotopic (exact) mass is 557 g/mol. The van der Waals surface area contributed by atoms with Crippen LogP contribution < -0.4 is 5.32 Å². The fourth-order valence-corrected chi connectivity index (χ4v) is 5.66. The van der Waals surface area contributed by atoms with E-state index in [0.717, 1.165) is 12.8 Å². The minimum atomic E-state index is -0.470. The highest BCUT2D eigenvalue weighted by Crippen LogP contribution is 2.26. The van der Waals surface area contributed by atoms with Gasteiger partial charge >= 0.3 is 5.97 Å². The number of para-hydroxylation sites is 1. The van der Waals surface area contributed by atoms with Crippen molar-refractivity contribution in [2.24, 2.45) is 11.8 Å². The van der Waals surface area contributed by atoms with Gasteiger partial charge in [-0.1, -0.05) is 19.9 Å². The topological polar surface area (TPSA) is 115 Å². The Morgan fingerprint density at radius 3 is 2.62 bits per heavy atom. The van der Waals surface area contributed by atoms with Gasteiger partial charge in [0, 0.05) is 59.0 Å². The maximum Gasteiger partial charge on any atom is 0.340 e. The summed E-state index contributed by atoms with van der Waals surface area (Å²) in [6.07, 6.45) is 2.14. The summed E-state index contributed by atoms with van der Waals surface area (Å²) >= 11 is 0. The Hall–Kier alpha value is -3.02. The van der Waals surface area contributed by atoms with Crippen LogP contribution in [0.25, 0.3) is 11.0 Å². The van der Waals surface area contributed by atoms with Crippen LogP contribution in [0, 0.1) is 11.8 Å². The quantitative estimate of drug-likeness (QED) is 0.330. The highest BCUT2D eigenvalue weighted by atomic mass is 16.5. The summed E-state index contributed by atoms with van der Waals surface area (Å²) in [5.41, 5.74) is 1.55. The number of fused-ring (bicyclic) bond motifs is 1. The number of unbranched alkanes of at least 4 members (excludes halogenated alkanes) is 1. The Bertz CT molecular complexity index is 1180. The zero-order valence-corrected chi connectivity index (χ0v) is 24.2. The minimum absolute atomic E-state index is 0.116. The fraction of sp³-hybridized carbons (Fsp3) is 0.655. The van der Waals surface area contributed by atoms with Gasteiger partial charge in [0.05, 0.1) is 42.8 Å². The Kier molecular flexibility index (Phi) is 10.5. The molecule has 1 N–H and O–H groups in total. The van der Waals surface area contributed by atoms with E-state index in [-0.39, 0.29) is 29.7 Å². The zero-order chi connectivity index (χ0) is 28.6. The van der Waals surface area contributed by atoms with Gasteiger partial charge in [0.1, 0.15) is 0 Å². The maximum atomic E-state index is 14.3. The van der Waals surface area contributed by atoms with Crippen LogP contribution in [0.1, 0.15) is 54.1 Å². The molecule has 220 valence electrons. The number of carbonyl (C=O) groups is 3. The number of benzene rings is 1. The summed E-state index contributed by atoms with van der Waals surface area (Å²) in [5, 5.41) is 3.41. The molecule has 2 aliphatic heterocycles. The number of nitrogens with one attached hydrogen (secondary N) is 1. The summed E-state index contributed by atoms with van der Waals surface area (Å²) in [4.78, 5) is 48.8. The predicted octanol–water partition coefficient (Wildman–Crippen LogP) is 2.18. The van der Waals surface area contributed by atoms with E-state index in [1.54, 1.807) is 19.2 Å². The number of hydrogen-bond acceptors (Lipinski definition) is 8. The number of ether oxygens (including phenoxy) is 3. The summed E-state index contributed by atoms with van der Waals surface area (Å²) < 4.78 is 17.5. The number of aryl methyl sites for hydroxylation is 1. The SMILES string of the molecule is COCCCCn1c(C(=O)N(CC(C)C)[C@@H]2CNC[C@H](C(=O)N3CCOCC3)C2)nc2cccc(C(=O)OC)c21. The number of amides is 2. The van der Waals surface area contributed by atoms with Gasteiger partial charge in [0.25, 0.3) is 5.91 Å². The lowest BCUT2D eigenvalue weighted by Gasteiger charge is -2.40. The van der Waals surface area contributed by atoms with E-state index < -0.39 is 5.97 Å². The summed E-state index contributed by atoms with van der Waals surface area (Å²) in [7, 11) is 3.01. The molecule has 0 aliphatic carbocycles. The number of hydrogen-bond donors (Lipinski definition) is 1. The van der Waals surface area contributed by atoms with Crippen molar-refractivity contribution in [3.63, 3.8) is 0 Å². The van der Waals surface area contributed by atoms with Gasteiger partial charge in [-0.2, -0.15) is 0 Å². The van der Waals surface area contributed by atoms with E-state index >= 15 is 0 Å². The first-order chi connectivity index (χ1) is 19.3. The van der Waals surface area contributed by atoms with Gasteiger partial charge in [-0.3, -0.25) is 9.59 Å². The van der Waals surface area contributed by atoms with E-state index in [9.17, 15) is 14.4 Å². The van der Waals surface area contributed by atoms with Crippen molar-refractivity contribution in [2.75, 3.05) is 66.8 Å². The molecule has 0 radical (unpaired) electrons. The first-order valence-electron chi connectivity index (χ1n) is 14.3. The van der Waals surface area contributed by atoms with E-state index in [1.807, 2.05) is 20.4 Å². The molecule has 1 aromatic heterocycles. The summed E-state index contributed by atoms with van der Waals surface area (Å²) in [6, 6.07) is 5.11. The second kappa shape index (κ2) is 14.0. The average molecular weight is 558 g/mol. The smallest absolute Gasteiger partial charge is 0.340 e. The molecule has 2 fully saturated rings. The van der Waals surface area contributed by atoms with E-state index in [4.69, 9.17) is 19.2 Å². The Labute approximate surface area is 236 Å². The number of imidazole rings is 1. The Morgan fingerprint density at radius 2 is 1.93 bits per heavy atom. The molecule has 0 spiro atoms. The maximum absolute atomic E-state index is 14.3. The third kappa shape index (κ3) is 6.82. The van der Waals surface area contributed by atoms with Crippen LogP contribution in [0.2, 0.25) is 0 Å². The molecule has 2 amide bonds. The molecule has 1 aromatic carbocycles. The van der Waals surface area contributed by atoms with Crippen molar-refractivity contribution in [1.82, 2.24) is 24.7 Å². The lowest BCUT2D eigenvalue weighted by molar-refractivity contribution is -0.140. The predicted molar refractivity (Wildman–Crippen MR) is 150 cm³/mol. The summed E-state index contributed by atoms with van der Waals surface area (Å²) in [5.74, 6) is -0.250. The molecule has 40 heavy (non-hydrogen) atoms. The van der Waals surface area contributed by atoms with Gasteiger partial charge in [-0.05, 0) is 37.3 Å². The molecule has 2 aromatic rings. The Morgan fingerprint density at radius 1 is 1.15 bits per heavy atom. The molecule has 11 heteroatoms. The molecule has 0 unspecified atom stereocenters. The number of nitrogens with zero attached hydrogens (tertiary/aromatic N) is 4. The minimum Gasteiger partial charge on any atom is -0.465 e. The molecule has 3 heterocycles. The van der Waals surface area contributed by atoms with Crippen LogP contribution in [-0.4, -0.2) is 110 Å². The number of aromatic nitrogens is 2. The van der Waals surface area contributed by atoms with Crippen molar-refractivity contribution in [3.8, 4) is 0 Å². The molecule has 11 nitrogen and oxygen atoms in total. The third-order valence-corrected chi connectivity index (χ3v) is 7.61. The van der Waals surface area contributed by atoms with Crippen LogP contribution in [0.4, 0.5) is 0 Å². The van der Waals surface area contributed by atoms with E-state index in [0.29, 0.717) is 87.9 Å². The zero-order valence-electron chi connectivity index (χ0n) is 24.2. The van der Waals surface area contributed by atoms with Gasteiger partial charge < -0.3 is 33.9 Å². The molecular weight excluding hydrogens is 514 g/mol. The first-order valence-corrected chi connectivity index (χ1v) is 14.3. The first kappa shape index (κ1) is 30.0. The van der Waals surface area contributed by atoms with Crippen LogP contribution in [-0.2, 0) is 25.5 Å². The largest absolute Gasteiger partial charge is 0.465 e. The second-order valence-electron chi connectivity index (χ2n) is 11.0. The third-order valence-electron chi connectivity index (χ3n) is 7.61. The van der Waals surface area contributed by atoms with Crippen molar-refractivity contribution in [3.05, 3.63) is 29.6 Å². The van der Waals surface area contributed by atoms with Crippen LogP contribution >= 0.6 is 0 Å². The van der Waals surface area contributed by atoms with Crippen LogP contribution in [0.15, 0.2) is 18.2 Å². The van der Waals surface area contributed by atoms with Gasteiger partial charge in [0.2, 0.25) is 5.91 Å².